The Hall–Kier alpha value is -2.19. The Labute approximate surface area is 196 Å². The van der Waals surface area contributed by atoms with Gasteiger partial charge in [0.25, 0.3) is 0 Å². The number of ether oxygens (including phenoxy) is 2. The topological polar surface area (TPSA) is 96.4 Å². The highest BCUT2D eigenvalue weighted by atomic mass is 16.6. The van der Waals surface area contributed by atoms with E-state index in [1.807, 2.05) is 13.8 Å². The molecule has 0 aromatic heterocycles. The molecule has 2 bridgehead atoms. The summed E-state index contributed by atoms with van der Waals surface area (Å²) in [6, 6.07) is -1.57. The number of carbonyl (C=O) groups excluding carboxylic acids is 3. The number of amides is 2. The van der Waals surface area contributed by atoms with Crippen molar-refractivity contribution in [2.24, 2.45) is 11.8 Å². The van der Waals surface area contributed by atoms with Gasteiger partial charge in [0.15, 0.2) is 0 Å². The van der Waals surface area contributed by atoms with Crippen molar-refractivity contribution in [1.29, 1.82) is 0 Å². The molecule has 3 saturated heterocycles. The normalized spacial score (nSPS) is 34.0. The lowest BCUT2D eigenvalue weighted by Crippen LogP contribution is -2.59. The van der Waals surface area contributed by atoms with Gasteiger partial charge in [-0.3, -0.25) is 14.4 Å². The number of fused-ring (bicyclic) bond motifs is 1. The summed E-state index contributed by atoms with van der Waals surface area (Å²) in [5.41, 5.74) is -2.01. The Bertz CT molecular complexity index is 815. The van der Waals surface area contributed by atoms with Crippen molar-refractivity contribution in [3.05, 3.63) is 25.3 Å². The van der Waals surface area contributed by atoms with E-state index >= 15 is 0 Å². The predicted molar refractivity (Wildman–Crippen MR) is 123 cm³/mol. The Kier molecular flexibility index (Phi) is 7.39. The van der Waals surface area contributed by atoms with E-state index in [0.29, 0.717) is 19.4 Å². The van der Waals surface area contributed by atoms with Crippen LogP contribution in [0, 0.1) is 11.8 Å². The average molecular weight is 463 g/mol. The summed E-state index contributed by atoms with van der Waals surface area (Å²) in [5.74, 6) is -2.71. The first kappa shape index (κ1) is 25.4. The van der Waals surface area contributed by atoms with E-state index in [-0.39, 0.29) is 31.1 Å². The van der Waals surface area contributed by atoms with Crippen LogP contribution >= 0.6 is 0 Å². The maximum atomic E-state index is 14.1. The number of esters is 1. The smallest absolute Gasteiger partial charge is 0.313 e. The molecule has 0 aliphatic carbocycles. The van der Waals surface area contributed by atoms with E-state index in [9.17, 15) is 19.5 Å². The first-order valence-corrected chi connectivity index (χ1v) is 12.0. The number of nitrogens with zero attached hydrogens (tertiary/aromatic N) is 2. The minimum atomic E-state index is -1.13. The van der Waals surface area contributed by atoms with Gasteiger partial charge < -0.3 is 24.4 Å². The summed E-state index contributed by atoms with van der Waals surface area (Å²) in [6.45, 7) is 15.1. The van der Waals surface area contributed by atoms with Crippen LogP contribution in [0.1, 0.15) is 53.4 Å². The van der Waals surface area contributed by atoms with Crippen LogP contribution in [0.25, 0.3) is 0 Å². The molecule has 33 heavy (non-hydrogen) atoms. The van der Waals surface area contributed by atoms with E-state index in [4.69, 9.17) is 9.47 Å². The summed E-state index contributed by atoms with van der Waals surface area (Å²) in [7, 11) is 0. The maximum Gasteiger partial charge on any atom is 0.313 e. The number of aliphatic hydroxyl groups is 1. The molecule has 3 fully saturated rings. The molecule has 7 atom stereocenters. The summed E-state index contributed by atoms with van der Waals surface area (Å²) in [6.07, 6.45) is 5.90. The molecular formula is C25H38N2O6. The van der Waals surface area contributed by atoms with Crippen LogP contribution in [0.4, 0.5) is 0 Å². The van der Waals surface area contributed by atoms with Crippen LogP contribution < -0.4 is 0 Å². The van der Waals surface area contributed by atoms with Crippen molar-refractivity contribution in [2.75, 3.05) is 19.8 Å². The molecule has 3 aliphatic heterocycles. The van der Waals surface area contributed by atoms with Gasteiger partial charge in [0, 0.05) is 12.6 Å². The fourth-order valence-corrected chi connectivity index (χ4v) is 6.15. The van der Waals surface area contributed by atoms with E-state index < -0.39 is 41.1 Å². The molecule has 2 amide bonds. The number of likely N-dealkylation sites (tertiary alicyclic amines) is 1. The first-order valence-electron chi connectivity index (χ1n) is 12.0. The SMILES string of the molecule is C=CCOC(=O)[C@@H]1[C@H]2C(=O)N([C@H](C)CO)C(C(=O)N(CC=C)C(C)CCC)C23CC[C@@]1(C)O3. The van der Waals surface area contributed by atoms with Crippen molar-refractivity contribution in [1.82, 2.24) is 9.80 Å². The van der Waals surface area contributed by atoms with Crippen molar-refractivity contribution in [2.45, 2.75) is 82.7 Å². The molecule has 1 N–H and O–H groups in total. The van der Waals surface area contributed by atoms with Gasteiger partial charge in [-0.2, -0.15) is 0 Å². The molecule has 3 unspecified atom stereocenters. The van der Waals surface area contributed by atoms with Crippen LogP contribution in [0.5, 0.6) is 0 Å². The van der Waals surface area contributed by atoms with Gasteiger partial charge in [0.2, 0.25) is 11.8 Å². The molecule has 0 radical (unpaired) electrons. The Morgan fingerprint density at radius 1 is 1.33 bits per heavy atom. The third kappa shape index (κ3) is 3.91. The Morgan fingerprint density at radius 3 is 2.61 bits per heavy atom. The third-order valence-electron chi connectivity index (χ3n) is 7.63. The second-order valence-corrected chi connectivity index (χ2v) is 9.84. The van der Waals surface area contributed by atoms with Crippen LogP contribution in [0.2, 0.25) is 0 Å². The van der Waals surface area contributed by atoms with Crippen LogP contribution in [-0.4, -0.2) is 81.8 Å². The molecule has 3 aliphatic rings. The lowest BCUT2D eigenvalue weighted by atomic mass is 9.66. The van der Waals surface area contributed by atoms with Crippen LogP contribution in [0.3, 0.4) is 0 Å². The highest BCUT2D eigenvalue weighted by molar-refractivity contribution is 5.98. The second kappa shape index (κ2) is 9.58. The van der Waals surface area contributed by atoms with Gasteiger partial charge in [-0.15, -0.1) is 6.58 Å². The largest absolute Gasteiger partial charge is 0.461 e. The van der Waals surface area contributed by atoms with Crippen molar-refractivity contribution in [3.63, 3.8) is 0 Å². The van der Waals surface area contributed by atoms with Crippen molar-refractivity contribution < 1.29 is 29.0 Å². The fraction of sp³-hybridized carbons (Fsp3) is 0.720. The van der Waals surface area contributed by atoms with Gasteiger partial charge in [-0.05, 0) is 40.0 Å². The predicted octanol–water partition coefficient (Wildman–Crippen LogP) is 2.06. The monoisotopic (exact) mass is 462 g/mol. The van der Waals surface area contributed by atoms with Gasteiger partial charge in [-0.25, -0.2) is 0 Å². The molecule has 0 aromatic rings. The molecular weight excluding hydrogens is 424 g/mol. The second-order valence-electron chi connectivity index (χ2n) is 9.84. The molecule has 1 spiro atoms. The van der Waals surface area contributed by atoms with E-state index in [1.54, 1.807) is 17.9 Å². The third-order valence-corrected chi connectivity index (χ3v) is 7.63. The number of aliphatic hydroxyl groups excluding tert-OH is 1. The van der Waals surface area contributed by atoms with E-state index in [0.717, 1.165) is 12.8 Å². The molecule has 3 rings (SSSR count). The lowest BCUT2D eigenvalue weighted by Gasteiger charge is -2.40. The average Bonchev–Trinajstić information content (AvgIpc) is 3.35. The van der Waals surface area contributed by atoms with Crippen LogP contribution in [-0.2, 0) is 23.9 Å². The van der Waals surface area contributed by atoms with Gasteiger partial charge in [-0.1, -0.05) is 32.1 Å². The summed E-state index contributed by atoms with van der Waals surface area (Å²) >= 11 is 0. The van der Waals surface area contributed by atoms with Crippen LogP contribution in [0.15, 0.2) is 25.3 Å². The van der Waals surface area contributed by atoms with Crippen molar-refractivity contribution >= 4 is 17.8 Å². The maximum absolute atomic E-state index is 14.1. The zero-order valence-corrected chi connectivity index (χ0v) is 20.3. The minimum absolute atomic E-state index is 0.0418. The number of hydrogen-bond donors (Lipinski definition) is 1. The van der Waals surface area contributed by atoms with E-state index in [2.05, 4.69) is 20.1 Å². The fourth-order valence-electron chi connectivity index (χ4n) is 6.15. The Balaban J connectivity index is 2.08. The zero-order valence-electron chi connectivity index (χ0n) is 20.3. The van der Waals surface area contributed by atoms with Crippen molar-refractivity contribution in [3.8, 4) is 0 Å². The quantitative estimate of drug-likeness (QED) is 0.373. The minimum Gasteiger partial charge on any atom is -0.461 e. The highest BCUT2D eigenvalue weighted by Crippen LogP contribution is 2.63. The van der Waals surface area contributed by atoms with Gasteiger partial charge in [0.1, 0.15) is 24.2 Å². The molecule has 0 aromatic carbocycles. The lowest BCUT2D eigenvalue weighted by molar-refractivity contribution is -0.161. The zero-order chi connectivity index (χ0) is 24.6. The van der Waals surface area contributed by atoms with Gasteiger partial charge in [0.05, 0.1) is 24.2 Å². The standard InChI is InChI=1S/C25H38N2O6/c1-7-10-16(4)26(13-8-2)22(30)20-25-12-11-24(6,33-25)19(23(31)32-14-9-3)18(25)21(29)27(20)17(5)15-28/h8-9,16-20,28H,2-3,7,10-15H2,1,4-6H3/t16?,17-,18+,19+,20?,24-,25?/m1/s1. The molecule has 8 nitrogen and oxygen atoms in total. The number of carbonyl (C=O) groups is 3. The summed E-state index contributed by atoms with van der Waals surface area (Å²) in [5, 5.41) is 9.94. The molecule has 8 heteroatoms. The number of hydrogen-bond acceptors (Lipinski definition) is 6. The summed E-state index contributed by atoms with van der Waals surface area (Å²) in [4.78, 5) is 44.2. The van der Waals surface area contributed by atoms with E-state index in [1.165, 1.54) is 11.0 Å². The number of rotatable bonds is 11. The first-order chi connectivity index (χ1) is 15.6. The molecule has 0 saturated carbocycles. The molecule has 3 heterocycles. The van der Waals surface area contributed by atoms with Gasteiger partial charge >= 0.3 is 5.97 Å². The highest BCUT2D eigenvalue weighted by Gasteiger charge is 2.79. The molecule has 184 valence electrons. The Morgan fingerprint density at radius 2 is 2.03 bits per heavy atom. The summed E-state index contributed by atoms with van der Waals surface area (Å²) < 4.78 is 11.9.